The number of aromatic amines is 1. The molecule has 2 heterocycles. The fourth-order valence-corrected chi connectivity index (χ4v) is 2.87. The molecule has 5 heteroatoms. The highest BCUT2D eigenvalue weighted by Gasteiger charge is 2.33. The Morgan fingerprint density at radius 2 is 2.21 bits per heavy atom. The zero-order valence-corrected chi connectivity index (χ0v) is 12.5. The number of piperidine rings is 1. The highest BCUT2D eigenvalue weighted by molar-refractivity contribution is 6.30. The minimum Gasteiger partial charge on any atom is -0.297 e. The van der Waals surface area contributed by atoms with Crippen molar-refractivity contribution in [1.29, 1.82) is 0 Å². The third-order valence-corrected chi connectivity index (χ3v) is 4.41. The van der Waals surface area contributed by atoms with Crippen molar-refractivity contribution in [2.24, 2.45) is 5.92 Å². The Bertz CT molecular complexity index is 373. The maximum Gasteiger partial charge on any atom is 0.127 e. The van der Waals surface area contributed by atoms with E-state index in [2.05, 4.69) is 22.0 Å². The van der Waals surface area contributed by atoms with Gasteiger partial charge in [-0.2, -0.15) is 5.10 Å². The summed E-state index contributed by atoms with van der Waals surface area (Å²) < 4.78 is 13.0. The number of nitrogens with zero attached hydrogens (tertiary/aromatic N) is 2. The number of nitrogens with one attached hydrogen (secondary N) is 1. The number of hydrogen-bond acceptors (Lipinski definition) is 2. The van der Waals surface area contributed by atoms with Crippen molar-refractivity contribution >= 4 is 11.6 Å². The van der Waals surface area contributed by atoms with Crippen LogP contribution in [0.1, 0.15) is 38.2 Å². The van der Waals surface area contributed by atoms with Gasteiger partial charge in [0, 0.05) is 18.2 Å². The molecular weight excluding hydrogens is 265 g/mol. The largest absolute Gasteiger partial charge is 0.297 e. The number of rotatable bonds is 1. The van der Waals surface area contributed by atoms with Crippen LogP contribution in [0.3, 0.4) is 0 Å². The minimum absolute atomic E-state index is 0.547. The van der Waals surface area contributed by atoms with Crippen LogP contribution in [0.5, 0.6) is 0 Å². The van der Waals surface area contributed by atoms with Crippen molar-refractivity contribution < 1.29 is 4.39 Å². The van der Waals surface area contributed by atoms with E-state index in [0.29, 0.717) is 11.7 Å². The average Bonchev–Trinajstić information content (AvgIpc) is 2.71. The van der Waals surface area contributed by atoms with E-state index in [1.165, 1.54) is 12.8 Å². The SMILES string of the molecule is CC1CC(N2CCCC(F)C2)C1.Cc1cn[nH]c1Cl. The van der Waals surface area contributed by atoms with Crippen LogP contribution in [0.25, 0.3) is 0 Å². The second-order valence-corrected chi connectivity index (χ2v) is 6.21. The molecular formula is C14H23ClFN3. The summed E-state index contributed by atoms with van der Waals surface area (Å²) in [6.07, 6.45) is 5.58. The van der Waals surface area contributed by atoms with Crippen molar-refractivity contribution in [2.75, 3.05) is 13.1 Å². The van der Waals surface area contributed by atoms with Gasteiger partial charge in [0.1, 0.15) is 11.3 Å². The van der Waals surface area contributed by atoms with Gasteiger partial charge >= 0.3 is 0 Å². The molecule has 3 nitrogen and oxygen atoms in total. The topological polar surface area (TPSA) is 31.9 Å². The molecule has 1 N–H and O–H groups in total. The summed E-state index contributed by atoms with van der Waals surface area (Å²) in [5.74, 6) is 0.884. The van der Waals surface area contributed by atoms with Gasteiger partial charge in [0.25, 0.3) is 0 Å². The summed E-state index contributed by atoms with van der Waals surface area (Å²) in [4.78, 5) is 2.36. The molecule has 1 aliphatic heterocycles. The fourth-order valence-electron chi connectivity index (χ4n) is 2.77. The number of alkyl halides is 1. The summed E-state index contributed by atoms with van der Waals surface area (Å²) in [6.45, 7) is 6.02. The molecule has 1 unspecified atom stereocenters. The monoisotopic (exact) mass is 287 g/mol. The molecule has 1 aliphatic carbocycles. The molecule has 2 fully saturated rings. The quantitative estimate of drug-likeness (QED) is 0.856. The zero-order valence-electron chi connectivity index (χ0n) is 11.7. The van der Waals surface area contributed by atoms with Crippen LogP contribution in [-0.4, -0.2) is 40.4 Å². The van der Waals surface area contributed by atoms with Crippen LogP contribution in [0.15, 0.2) is 6.20 Å². The minimum atomic E-state index is -0.547. The molecule has 3 rings (SSSR count). The fraction of sp³-hybridized carbons (Fsp3) is 0.786. The molecule has 0 aromatic carbocycles. The van der Waals surface area contributed by atoms with Crippen molar-refractivity contribution in [3.05, 3.63) is 16.9 Å². The van der Waals surface area contributed by atoms with E-state index in [4.69, 9.17) is 11.6 Å². The van der Waals surface area contributed by atoms with Crippen LogP contribution in [0.4, 0.5) is 4.39 Å². The first-order valence-corrected chi connectivity index (χ1v) is 7.47. The highest BCUT2D eigenvalue weighted by atomic mass is 35.5. The van der Waals surface area contributed by atoms with E-state index in [0.717, 1.165) is 36.9 Å². The lowest BCUT2D eigenvalue weighted by Gasteiger charge is -2.44. The number of H-pyrrole nitrogens is 1. The predicted octanol–water partition coefficient (Wildman–Crippen LogP) is 3.59. The van der Waals surface area contributed by atoms with Gasteiger partial charge < -0.3 is 0 Å². The summed E-state index contributed by atoms with van der Waals surface area (Å²) in [5, 5.41) is 6.87. The average molecular weight is 288 g/mol. The van der Waals surface area contributed by atoms with Crippen molar-refractivity contribution in [1.82, 2.24) is 15.1 Å². The maximum atomic E-state index is 13.0. The molecule has 1 aromatic rings. The molecule has 0 amide bonds. The highest BCUT2D eigenvalue weighted by Crippen LogP contribution is 2.32. The molecule has 1 saturated heterocycles. The first-order valence-electron chi connectivity index (χ1n) is 7.10. The smallest absolute Gasteiger partial charge is 0.127 e. The Kier molecular flexibility index (Phi) is 5.22. The molecule has 0 spiro atoms. The predicted molar refractivity (Wildman–Crippen MR) is 76.2 cm³/mol. The van der Waals surface area contributed by atoms with Crippen LogP contribution in [-0.2, 0) is 0 Å². The second kappa shape index (κ2) is 6.71. The number of halogens is 2. The van der Waals surface area contributed by atoms with E-state index in [-0.39, 0.29) is 0 Å². The zero-order chi connectivity index (χ0) is 13.8. The Labute approximate surface area is 119 Å². The molecule has 2 aliphatic rings. The van der Waals surface area contributed by atoms with Gasteiger partial charge in [-0.1, -0.05) is 18.5 Å². The van der Waals surface area contributed by atoms with Crippen molar-refractivity contribution in [3.8, 4) is 0 Å². The van der Waals surface area contributed by atoms with Gasteiger partial charge in [-0.15, -0.1) is 0 Å². The van der Waals surface area contributed by atoms with Gasteiger partial charge in [0.05, 0.1) is 6.20 Å². The molecule has 1 saturated carbocycles. The summed E-state index contributed by atoms with van der Waals surface area (Å²) in [5.41, 5.74) is 0.988. The lowest BCUT2D eigenvalue weighted by Crippen LogP contribution is -2.49. The van der Waals surface area contributed by atoms with Crippen molar-refractivity contribution in [3.63, 3.8) is 0 Å². The van der Waals surface area contributed by atoms with E-state index >= 15 is 0 Å². The van der Waals surface area contributed by atoms with E-state index in [1.807, 2.05) is 6.92 Å². The Morgan fingerprint density at radius 1 is 1.47 bits per heavy atom. The van der Waals surface area contributed by atoms with E-state index in [9.17, 15) is 4.39 Å². The summed E-state index contributed by atoms with van der Waals surface area (Å²) >= 11 is 5.51. The van der Waals surface area contributed by atoms with Crippen LogP contribution < -0.4 is 0 Å². The lowest BCUT2D eigenvalue weighted by atomic mass is 9.80. The first kappa shape index (κ1) is 14.8. The number of aromatic nitrogens is 2. The third-order valence-electron chi connectivity index (χ3n) is 4.03. The normalized spacial score (nSPS) is 31.3. The van der Waals surface area contributed by atoms with Gasteiger partial charge in [-0.05, 0) is 45.1 Å². The Balaban J connectivity index is 0.000000163. The van der Waals surface area contributed by atoms with Crippen LogP contribution in [0, 0.1) is 12.8 Å². The standard InChI is InChI=1S/C10H18FN.C4H5ClN2/c1-8-5-10(6-8)12-4-2-3-9(11)7-12;1-3-2-6-7-4(3)5/h8-10H,2-7H2,1H3;2H,1H3,(H,6,7). The molecule has 0 bridgehead atoms. The third kappa shape index (κ3) is 4.18. The van der Waals surface area contributed by atoms with Gasteiger partial charge in [0.15, 0.2) is 0 Å². The van der Waals surface area contributed by atoms with E-state index in [1.54, 1.807) is 6.20 Å². The van der Waals surface area contributed by atoms with Crippen LogP contribution >= 0.6 is 11.6 Å². The Hall–Kier alpha value is -0.610. The second-order valence-electron chi connectivity index (χ2n) is 5.83. The van der Waals surface area contributed by atoms with Crippen LogP contribution in [0.2, 0.25) is 5.15 Å². The number of aryl methyl sites for hydroxylation is 1. The van der Waals surface area contributed by atoms with Gasteiger partial charge in [-0.25, -0.2) is 4.39 Å². The summed E-state index contributed by atoms with van der Waals surface area (Å²) in [6, 6.07) is 0.721. The Morgan fingerprint density at radius 3 is 2.63 bits per heavy atom. The maximum absolute atomic E-state index is 13.0. The van der Waals surface area contributed by atoms with E-state index < -0.39 is 6.17 Å². The summed E-state index contributed by atoms with van der Waals surface area (Å²) in [7, 11) is 0. The molecule has 19 heavy (non-hydrogen) atoms. The number of hydrogen-bond donors (Lipinski definition) is 1. The molecule has 108 valence electrons. The lowest BCUT2D eigenvalue weighted by molar-refractivity contribution is 0.0374. The molecule has 1 aromatic heterocycles. The van der Waals surface area contributed by atoms with Crippen molar-refractivity contribution in [2.45, 2.75) is 51.7 Å². The molecule has 1 atom stereocenters. The molecule has 0 radical (unpaired) electrons. The number of likely N-dealkylation sites (tertiary alicyclic amines) is 1. The first-order chi connectivity index (χ1) is 9.06. The van der Waals surface area contributed by atoms with Gasteiger partial charge in [-0.3, -0.25) is 10.00 Å². The van der Waals surface area contributed by atoms with Gasteiger partial charge in [0.2, 0.25) is 0 Å².